The molecule has 6 nitrogen and oxygen atoms in total. The Bertz CT molecular complexity index is 1130. The molecule has 0 N–H and O–H groups in total. The lowest BCUT2D eigenvalue weighted by Gasteiger charge is -2.18. The SMILES string of the molecule is CCCCCCCCCC/C=C\CCCCCCCCCCCC(=O)OC(COC(=O)CCCCCCCC)COC(=O)CCCCCCCCCCCCCCCCCCCCCCCCCCCCCC. The number of rotatable bonds is 62. The molecule has 0 bridgehead atoms. The first-order chi connectivity index (χ1) is 36.0. The van der Waals surface area contributed by atoms with Gasteiger partial charge in [0.2, 0.25) is 0 Å². The number of hydrogen-bond acceptors (Lipinski definition) is 6. The van der Waals surface area contributed by atoms with E-state index in [1.807, 2.05) is 0 Å². The average molecular weight is 1030 g/mol. The second-order valence-electron chi connectivity index (χ2n) is 22.7. The van der Waals surface area contributed by atoms with Crippen molar-refractivity contribution in [3.05, 3.63) is 12.2 Å². The summed E-state index contributed by atoms with van der Waals surface area (Å²) in [6.45, 7) is 6.65. The van der Waals surface area contributed by atoms with Gasteiger partial charge in [-0.05, 0) is 44.9 Å². The molecule has 432 valence electrons. The van der Waals surface area contributed by atoms with Crippen molar-refractivity contribution in [1.82, 2.24) is 0 Å². The van der Waals surface area contributed by atoms with Crippen molar-refractivity contribution in [1.29, 1.82) is 0 Å². The highest BCUT2D eigenvalue weighted by Gasteiger charge is 2.19. The summed E-state index contributed by atoms with van der Waals surface area (Å²) in [5, 5.41) is 0. The van der Waals surface area contributed by atoms with E-state index in [2.05, 4.69) is 32.9 Å². The van der Waals surface area contributed by atoms with E-state index in [1.54, 1.807) is 0 Å². The topological polar surface area (TPSA) is 78.9 Å². The molecule has 6 heteroatoms. The number of esters is 3. The molecule has 0 saturated carbocycles. The Kier molecular flexibility index (Phi) is 61.1. The maximum Gasteiger partial charge on any atom is 0.306 e. The maximum atomic E-state index is 12.8. The average Bonchev–Trinajstić information content (AvgIpc) is 3.39. The van der Waals surface area contributed by atoms with Gasteiger partial charge in [0.05, 0.1) is 0 Å². The van der Waals surface area contributed by atoms with Crippen LogP contribution in [0.15, 0.2) is 12.2 Å². The van der Waals surface area contributed by atoms with Crippen LogP contribution in [0.25, 0.3) is 0 Å². The molecule has 73 heavy (non-hydrogen) atoms. The van der Waals surface area contributed by atoms with Gasteiger partial charge in [0.1, 0.15) is 13.2 Å². The van der Waals surface area contributed by atoms with E-state index < -0.39 is 6.10 Å². The van der Waals surface area contributed by atoms with Crippen LogP contribution in [0.2, 0.25) is 0 Å². The molecule has 0 heterocycles. The van der Waals surface area contributed by atoms with Crippen molar-refractivity contribution in [3.8, 4) is 0 Å². The number of unbranched alkanes of at least 4 members (excludes halogenated alkanes) is 49. The van der Waals surface area contributed by atoms with Crippen molar-refractivity contribution < 1.29 is 28.6 Å². The predicted molar refractivity (Wildman–Crippen MR) is 317 cm³/mol. The first kappa shape index (κ1) is 71.2. The summed E-state index contributed by atoms with van der Waals surface area (Å²) in [4.78, 5) is 38.0. The van der Waals surface area contributed by atoms with Gasteiger partial charge in [-0.1, -0.05) is 328 Å². The van der Waals surface area contributed by atoms with Gasteiger partial charge in [-0.15, -0.1) is 0 Å². The van der Waals surface area contributed by atoms with Crippen molar-refractivity contribution in [2.75, 3.05) is 13.2 Å². The number of carbonyl (C=O) groups is 3. The monoisotopic (exact) mass is 1030 g/mol. The Labute approximate surface area is 456 Å². The Morgan fingerprint density at radius 3 is 0.685 bits per heavy atom. The standard InChI is InChI=1S/C67H128O6/c1-4-7-10-13-16-18-20-22-24-26-28-30-31-32-33-34-35-36-38-39-41-43-45-47-49-51-54-57-60-66(69)72-63-64(62-71-65(68)59-56-53-15-12-9-6-3)73-67(70)61-58-55-52-50-48-46-44-42-40-37-29-27-25-23-21-19-17-14-11-8-5-2/h27,29,64H,4-26,28,30-63H2,1-3H3/b29-27-. The predicted octanol–water partition coefficient (Wildman–Crippen LogP) is 22.4. The highest BCUT2D eigenvalue weighted by Crippen LogP contribution is 2.18. The Morgan fingerprint density at radius 2 is 0.452 bits per heavy atom. The largest absolute Gasteiger partial charge is 0.462 e. The van der Waals surface area contributed by atoms with Gasteiger partial charge in [-0.2, -0.15) is 0 Å². The van der Waals surface area contributed by atoms with E-state index in [9.17, 15) is 14.4 Å². The summed E-state index contributed by atoms with van der Waals surface area (Å²) in [6, 6.07) is 0. The van der Waals surface area contributed by atoms with Crippen LogP contribution in [0.4, 0.5) is 0 Å². The Hall–Kier alpha value is -1.85. The lowest BCUT2D eigenvalue weighted by atomic mass is 10.0. The smallest absolute Gasteiger partial charge is 0.306 e. The Morgan fingerprint density at radius 1 is 0.260 bits per heavy atom. The molecule has 0 saturated heterocycles. The van der Waals surface area contributed by atoms with E-state index in [1.165, 1.54) is 283 Å². The van der Waals surface area contributed by atoms with Crippen molar-refractivity contribution in [2.24, 2.45) is 0 Å². The van der Waals surface area contributed by atoms with Gasteiger partial charge in [0.15, 0.2) is 6.10 Å². The quantitative estimate of drug-likeness (QED) is 0.0261. The molecule has 0 aliphatic carbocycles. The number of hydrogen-bond donors (Lipinski definition) is 0. The summed E-state index contributed by atoms with van der Waals surface area (Å²) in [7, 11) is 0. The van der Waals surface area contributed by atoms with Gasteiger partial charge in [-0.25, -0.2) is 0 Å². The van der Waals surface area contributed by atoms with Gasteiger partial charge in [0, 0.05) is 19.3 Å². The molecular weight excluding hydrogens is 901 g/mol. The molecule has 0 rings (SSSR count). The molecule has 0 spiro atoms. The lowest BCUT2D eigenvalue weighted by Crippen LogP contribution is -2.30. The molecule has 0 aromatic heterocycles. The molecule has 0 aliphatic heterocycles. The van der Waals surface area contributed by atoms with Crippen molar-refractivity contribution in [2.45, 2.75) is 386 Å². The fourth-order valence-electron chi connectivity index (χ4n) is 10.3. The van der Waals surface area contributed by atoms with Crippen LogP contribution in [0.5, 0.6) is 0 Å². The molecular formula is C67H128O6. The minimum Gasteiger partial charge on any atom is -0.462 e. The molecule has 0 aromatic rings. The molecule has 0 aromatic carbocycles. The minimum absolute atomic E-state index is 0.0655. The third kappa shape index (κ3) is 60.9. The van der Waals surface area contributed by atoms with Crippen molar-refractivity contribution >= 4 is 17.9 Å². The zero-order valence-corrected chi connectivity index (χ0v) is 49.7. The number of carbonyl (C=O) groups excluding carboxylic acids is 3. The first-order valence-corrected chi connectivity index (χ1v) is 33.2. The molecule has 0 amide bonds. The summed E-state index contributed by atoms with van der Waals surface area (Å²) < 4.78 is 16.8. The van der Waals surface area contributed by atoms with Crippen LogP contribution in [0, 0.1) is 0 Å². The van der Waals surface area contributed by atoms with E-state index in [0.717, 1.165) is 57.8 Å². The van der Waals surface area contributed by atoms with Crippen LogP contribution >= 0.6 is 0 Å². The van der Waals surface area contributed by atoms with Crippen LogP contribution < -0.4 is 0 Å². The highest BCUT2D eigenvalue weighted by molar-refractivity contribution is 5.71. The summed E-state index contributed by atoms with van der Waals surface area (Å²) in [5.41, 5.74) is 0. The lowest BCUT2D eigenvalue weighted by molar-refractivity contribution is -0.167. The molecule has 0 aliphatic rings. The number of allylic oxidation sites excluding steroid dienone is 2. The van der Waals surface area contributed by atoms with Crippen LogP contribution in [-0.2, 0) is 28.6 Å². The second kappa shape index (κ2) is 62.7. The third-order valence-electron chi connectivity index (χ3n) is 15.3. The zero-order valence-electron chi connectivity index (χ0n) is 49.7. The summed E-state index contributed by atoms with van der Waals surface area (Å²) in [5.74, 6) is -0.851. The van der Waals surface area contributed by atoms with Crippen molar-refractivity contribution in [3.63, 3.8) is 0 Å². The van der Waals surface area contributed by atoms with Gasteiger partial charge >= 0.3 is 17.9 Å². The molecule has 1 unspecified atom stereocenters. The first-order valence-electron chi connectivity index (χ1n) is 33.2. The normalized spacial score (nSPS) is 12.0. The fraction of sp³-hybridized carbons (Fsp3) is 0.925. The van der Waals surface area contributed by atoms with Gasteiger partial charge in [-0.3, -0.25) is 14.4 Å². The van der Waals surface area contributed by atoms with E-state index in [0.29, 0.717) is 19.3 Å². The second-order valence-corrected chi connectivity index (χ2v) is 22.7. The van der Waals surface area contributed by atoms with Crippen LogP contribution in [0.3, 0.4) is 0 Å². The Balaban J connectivity index is 3.98. The molecule has 0 radical (unpaired) electrons. The molecule has 1 atom stereocenters. The summed E-state index contributed by atoms with van der Waals surface area (Å²) >= 11 is 0. The van der Waals surface area contributed by atoms with Gasteiger partial charge in [0.25, 0.3) is 0 Å². The minimum atomic E-state index is -0.765. The summed E-state index contributed by atoms with van der Waals surface area (Å²) in [6.07, 6.45) is 74.2. The van der Waals surface area contributed by atoms with Crippen LogP contribution in [-0.4, -0.2) is 37.2 Å². The van der Waals surface area contributed by atoms with E-state index in [4.69, 9.17) is 14.2 Å². The third-order valence-corrected chi connectivity index (χ3v) is 15.3. The van der Waals surface area contributed by atoms with E-state index >= 15 is 0 Å². The van der Waals surface area contributed by atoms with Crippen LogP contribution in [0.1, 0.15) is 380 Å². The zero-order chi connectivity index (χ0) is 52.9. The fourth-order valence-corrected chi connectivity index (χ4v) is 10.3. The highest BCUT2D eigenvalue weighted by atomic mass is 16.6. The van der Waals surface area contributed by atoms with E-state index in [-0.39, 0.29) is 31.1 Å². The molecule has 0 fully saturated rings. The maximum absolute atomic E-state index is 12.8. The number of ether oxygens (including phenoxy) is 3. The van der Waals surface area contributed by atoms with Gasteiger partial charge < -0.3 is 14.2 Å².